The molecule has 0 bridgehead atoms. The van der Waals surface area contributed by atoms with E-state index in [1.54, 1.807) is 0 Å². The van der Waals surface area contributed by atoms with Gasteiger partial charge in [-0.05, 0) is 46.6 Å². The van der Waals surface area contributed by atoms with E-state index in [-0.39, 0.29) is 5.60 Å². The Bertz CT molecular complexity index is 127. The van der Waals surface area contributed by atoms with Crippen molar-refractivity contribution < 1.29 is 4.74 Å². The fourth-order valence-corrected chi connectivity index (χ4v) is 1.17. The molecule has 2 heteroatoms. The zero-order valence-corrected chi connectivity index (χ0v) is 10.5. The first-order chi connectivity index (χ1) is 6.42. The van der Waals surface area contributed by atoms with Gasteiger partial charge in [-0.2, -0.15) is 0 Å². The van der Waals surface area contributed by atoms with Gasteiger partial charge in [0, 0.05) is 12.6 Å². The maximum Gasteiger partial charge on any atom is 0.0598 e. The number of rotatable bonds is 7. The standard InChI is InChI=1S/C12H27NO/c1-11(2)13-9-7-6-8-10-14-12(3,4)5/h11,13H,6-10H2,1-5H3. The van der Waals surface area contributed by atoms with E-state index >= 15 is 0 Å². The van der Waals surface area contributed by atoms with E-state index in [9.17, 15) is 0 Å². The van der Waals surface area contributed by atoms with Crippen LogP contribution < -0.4 is 5.32 Å². The van der Waals surface area contributed by atoms with Crippen molar-refractivity contribution >= 4 is 0 Å². The molecular weight excluding hydrogens is 174 g/mol. The van der Waals surface area contributed by atoms with Crippen molar-refractivity contribution in [2.24, 2.45) is 0 Å². The molecule has 0 saturated carbocycles. The van der Waals surface area contributed by atoms with Gasteiger partial charge >= 0.3 is 0 Å². The SMILES string of the molecule is CC(C)NCCCCCOC(C)(C)C. The molecule has 0 amide bonds. The molecule has 1 N–H and O–H groups in total. The summed E-state index contributed by atoms with van der Waals surface area (Å²) in [6, 6.07) is 0.612. The third kappa shape index (κ3) is 11.9. The summed E-state index contributed by atoms with van der Waals surface area (Å²) in [6.07, 6.45) is 3.69. The zero-order chi connectivity index (χ0) is 11.0. The summed E-state index contributed by atoms with van der Waals surface area (Å²) >= 11 is 0. The van der Waals surface area contributed by atoms with Crippen LogP contribution in [0.1, 0.15) is 53.9 Å². The fourth-order valence-electron chi connectivity index (χ4n) is 1.17. The van der Waals surface area contributed by atoms with Crippen LogP contribution in [0.2, 0.25) is 0 Å². The van der Waals surface area contributed by atoms with Gasteiger partial charge in [0.05, 0.1) is 5.60 Å². The van der Waals surface area contributed by atoms with E-state index in [0.29, 0.717) is 6.04 Å². The Hall–Kier alpha value is -0.0800. The fraction of sp³-hybridized carbons (Fsp3) is 1.00. The zero-order valence-electron chi connectivity index (χ0n) is 10.5. The second kappa shape index (κ2) is 7.24. The number of unbranched alkanes of at least 4 members (excludes halogenated alkanes) is 2. The lowest BCUT2D eigenvalue weighted by Gasteiger charge is -2.19. The highest BCUT2D eigenvalue weighted by atomic mass is 16.5. The highest BCUT2D eigenvalue weighted by Gasteiger charge is 2.08. The van der Waals surface area contributed by atoms with Crippen LogP contribution in [0, 0.1) is 0 Å². The van der Waals surface area contributed by atoms with Crippen molar-refractivity contribution in [2.45, 2.75) is 65.5 Å². The molecule has 0 aromatic carbocycles. The molecule has 0 fully saturated rings. The van der Waals surface area contributed by atoms with Crippen LogP contribution in [-0.4, -0.2) is 24.8 Å². The molecule has 0 rings (SSSR count). The van der Waals surface area contributed by atoms with Gasteiger partial charge in [0.15, 0.2) is 0 Å². The lowest BCUT2D eigenvalue weighted by molar-refractivity contribution is -0.00469. The van der Waals surface area contributed by atoms with Gasteiger partial charge in [0.1, 0.15) is 0 Å². The monoisotopic (exact) mass is 201 g/mol. The predicted octanol–water partition coefficient (Wildman–Crippen LogP) is 2.97. The third-order valence-electron chi connectivity index (χ3n) is 1.91. The minimum Gasteiger partial charge on any atom is -0.376 e. The summed E-state index contributed by atoms with van der Waals surface area (Å²) < 4.78 is 5.64. The Morgan fingerprint density at radius 2 is 1.71 bits per heavy atom. The molecule has 0 heterocycles. The summed E-state index contributed by atoms with van der Waals surface area (Å²) in [5, 5.41) is 3.41. The average molecular weight is 201 g/mol. The van der Waals surface area contributed by atoms with E-state index in [1.165, 1.54) is 19.3 Å². The third-order valence-corrected chi connectivity index (χ3v) is 1.91. The first-order valence-corrected chi connectivity index (χ1v) is 5.79. The van der Waals surface area contributed by atoms with Crippen LogP contribution >= 0.6 is 0 Å². The van der Waals surface area contributed by atoms with Gasteiger partial charge in [-0.25, -0.2) is 0 Å². The molecule has 0 atom stereocenters. The van der Waals surface area contributed by atoms with Crippen LogP contribution in [0.25, 0.3) is 0 Å². The van der Waals surface area contributed by atoms with Gasteiger partial charge in [-0.3, -0.25) is 0 Å². The average Bonchev–Trinajstić information content (AvgIpc) is 2.00. The molecular formula is C12H27NO. The van der Waals surface area contributed by atoms with Crippen molar-refractivity contribution in [3.8, 4) is 0 Å². The highest BCUT2D eigenvalue weighted by molar-refractivity contribution is 4.58. The topological polar surface area (TPSA) is 21.3 Å². The number of hydrogen-bond donors (Lipinski definition) is 1. The van der Waals surface area contributed by atoms with E-state index < -0.39 is 0 Å². The molecule has 2 nitrogen and oxygen atoms in total. The Morgan fingerprint density at radius 1 is 1.07 bits per heavy atom. The first-order valence-electron chi connectivity index (χ1n) is 5.79. The lowest BCUT2D eigenvalue weighted by atomic mass is 10.2. The van der Waals surface area contributed by atoms with Crippen LogP contribution in [0.3, 0.4) is 0 Å². The van der Waals surface area contributed by atoms with Gasteiger partial charge in [-0.15, -0.1) is 0 Å². The smallest absolute Gasteiger partial charge is 0.0598 e. The second-order valence-corrected chi connectivity index (χ2v) is 5.13. The van der Waals surface area contributed by atoms with Crippen LogP contribution in [0.15, 0.2) is 0 Å². The number of ether oxygens (including phenoxy) is 1. The summed E-state index contributed by atoms with van der Waals surface area (Å²) in [5.41, 5.74) is 0.0240. The van der Waals surface area contributed by atoms with Gasteiger partial charge in [-0.1, -0.05) is 13.8 Å². The van der Waals surface area contributed by atoms with Crippen molar-refractivity contribution in [1.82, 2.24) is 5.32 Å². The largest absolute Gasteiger partial charge is 0.376 e. The van der Waals surface area contributed by atoms with Crippen molar-refractivity contribution in [3.63, 3.8) is 0 Å². The quantitative estimate of drug-likeness (QED) is 0.639. The van der Waals surface area contributed by atoms with Crippen LogP contribution in [0.5, 0.6) is 0 Å². The molecule has 14 heavy (non-hydrogen) atoms. The Kier molecular flexibility index (Phi) is 7.20. The Labute approximate surface area is 89.4 Å². The molecule has 0 unspecified atom stereocenters. The molecule has 86 valence electrons. The molecule has 0 aliphatic heterocycles. The van der Waals surface area contributed by atoms with Gasteiger partial charge < -0.3 is 10.1 Å². The van der Waals surface area contributed by atoms with E-state index in [1.807, 2.05) is 0 Å². The van der Waals surface area contributed by atoms with E-state index in [2.05, 4.69) is 39.9 Å². The summed E-state index contributed by atoms with van der Waals surface area (Å²) in [4.78, 5) is 0. The highest BCUT2D eigenvalue weighted by Crippen LogP contribution is 2.08. The van der Waals surface area contributed by atoms with Crippen molar-refractivity contribution in [1.29, 1.82) is 0 Å². The molecule has 0 radical (unpaired) electrons. The van der Waals surface area contributed by atoms with Gasteiger partial charge in [0.2, 0.25) is 0 Å². The molecule has 0 aromatic heterocycles. The number of hydrogen-bond acceptors (Lipinski definition) is 2. The Balaban J connectivity index is 3.07. The van der Waals surface area contributed by atoms with E-state index in [0.717, 1.165) is 13.2 Å². The lowest BCUT2D eigenvalue weighted by Crippen LogP contribution is -2.23. The maximum absolute atomic E-state index is 5.64. The predicted molar refractivity (Wildman–Crippen MR) is 62.7 cm³/mol. The summed E-state index contributed by atoms with van der Waals surface area (Å²) in [6.45, 7) is 12.7. The summed E-state index contributed by atoms with van der Waals surface area (Å²) in [7, 11) is 0. The minimum atomic E-state index is 0.0240. The summed E-state index contributed by atoms with van der Waals surface area (Å²) in [5.74, 6) is 0. The maximum atomic E-state index is 5.64. The molecule has 0 saturated heterocycles. The first kappa shape index (κ1) is 13.9. The van der Waals surface area contributed by atoms with Crippen molar-refractivity contribution in [3.05, 3.63) is 0 Å². The minimum absolute atomic E-state index is 0.0240. The normalized spacial score (nSPS) is 12.4. The molecule has 0 aromatic rings. The molecule has 0 aliphatic carbocycles. The second-order valence-electron chi connectivity index (χ2n) is 5.13. The van der Waals surface area contributed by atoms with Gasteiger partial charge in [0.25, 0.3) is 0 Å². The van der Waals surface area contributed by atoms with E-state index in [4.69, 9.17) is 4.74 Å². The molecule has 0 spiro atoms. The van der Waals surface area contributed by atoms with Crippen LogP contribution in [0.4, 0.5) is 0 Å². The number of nitrogens with one attached hydrogen (secondary N) is 1. The Morgan fingerprint density at radius 3 is 2.21 bits per heavy atom. The van der Waals surface area contributed by atoms with Crippen LogP contribution in [-0.2, 0) is 4.74 Å². The van der Waals surface area contributed by atoms with Crippen molar-refractivity contribution in [2.75, 3.05) is 13.2 Å². The molecule has 0 aliphatic rings.